The van der Waals surface area contributed by atoms with Crippen molar-refractivity contribution >= 4 is 7.26 Å². The van der Waals surface area contributed by atoms with Gasteiger partial charge >= 0.3 is 56.3 Å². The Labute approximate surface area is 57.2 Å². The van der Waals surface area contributed by atoms with Crippen molar-refractivity contribution in [3.63, 3.8) is 0 Å². The van der Waals surface area contributed by atoms with E-state index in [1.165, 1.54) is 6.16 Å². The fourth-order valence-corrected chi connectivity index (χ4v) is 4.32. The van der Waals surface area contributed by atoms with E-state index in [0.717, 1.165) is 12.6 Å². The summed E-state index contributed by atoms with van der Waals surface area (Å²) >= 11 is 0. The summed E-state index contributed by atoms with van der Waals surface area (Å²) < 4.78 is 13.3. The molecule has 0 radical (unpaired) electrons. The van der Waals surface area contributed by atoms with Crippen molar-refractivity contribution in [3.05, 3.63) is 0 Å². The Bertz CT molecular complexity index is 118. The average molecular weight is 150 g/mol. The van der Waals surface area contributed by atoms with E-state index in [0.29, 0.717) is 0 Å². The molecule has 1 aliphatic heterocycles. The summed E-state index contributed by atoms with van der Waals surface area (Å²) in [4.78, 5) is 0. The van der Waals surface area contributed by atoms with Gasteiger partial charge in [-0.2, -0.15) is 0 Å². The molecule has 1 fully saturated rings. The van der Waals surface area contributed by atoms with Gasteiger partial charge in [-0.15, -0.1) is 0 Å². The van der Waals surface area contributed by atoms with E-state index in [1.807, 2.05) is 0 Å². The molecule has 0 amide bonds. The molecule has 56 valence electrons. The van der Waals surface area contributed by atoms with Gasteiger partial charge in [-0.3, -0.25) is 0 Å². The molecule has 0 nitrogen and oxygen atoms in total. The summed E-state index contributed by atoms with van der Waals surface area (Å²) in [5, 5.41) is -0.734. The van der Waals surface area contributed by atoms with Crippen LogP contribution >= 0.6 is 7.26 Å². The molecule has 0 aromatic carbocycles. The maximum absolute atomic E-state index is 13.3. The number of hydrogen-bond acceptors (Lipinski definition) is 0. The van der Waals surface area contributed by atoms with Crippen LogP contribution in [0.1, 0.15) is 20.3 Å². The molecule has 1 unspecified atom stereocenters. The van der Waals surface area contributed by atoms with Crippen molar-refractivity contribution < 1.29 is 4.39 Å². The van der Waals surface area contributed by atoms with Gasteiger partial charge in [0.2, 0.25) is 0 Å². The quantitative estimate of drug-likeness (QED) is 0.504. The Morgan fingerprint density at radius 1 is 1.67 bits per heavy atom. The zero-order valence-electron chi connectivity index (χ0n) is 6.50. The minimum absolute atomic E-state index is 0.734. The van der Waals surface area contributed by atoms with Gasteiger partial charge in [-0.1, -0.05) is 0 Å². The standard InChI is InChI=1S/C7H16FP/c1-4-9(3)6-5-7(9,2)8/h9H,4-6H2,1-3H3. The molecule has 0 aliphatic carbocycles. The average Bonchev–Trinajstić information content (AvgIpc) is 1.84. The molecule has 9 heavy (non-hydrogen) atoms. The van der Waals surface area contributed by atoms with Crippen LogP contribution in [0.5, 0.6) is 0 Å². The van der Waals surface area contributed by atoms with Gasteiger partial charge < -0.3 is 0 Å². The Hall–Kier alpha value is 0.360. The van der Waals surface area contributed by atoms with Crippen molar-refractivity contribution in [1.29, 1.82) is 0 Å². The van der Waals surface area contributed by atoms with Gasteiger partial charge in [-0.25, -0.2) is 0 Å². The first kappa shape index (κ1) is 7.47. The Balaban J connectivity index is 2.62. The molecule has 1 heterocycles. The van der Waals surface area contributed by atoms with E-state index in [1.54, 1.807) is 6.92 Å². The van der Waals surface area contributed by atoms with Crippen LogP contribution in [0.2, 0.25) is 0 Å². The van der Waals surface area contributed by atoms with Gasteiger partial charge in [0, 0.05) is 0 Å². The van der Waals surface area contributed by atoms with Crippen LogP contribution in [-0.2, 0) is 0 Å². The third-order valence-electron chi connectivity index (χ3n) is 3.19. The van der Waals surface area contributed by atoms with E-state index in [4.69, 9.17) is 0 Å². The van der Waals surface area contributed by atoms with E-state index in [2.05, 4.69) is 13.6 Å². The van der Waals surface area contributed by atoms with Crippen LogP contribution < -0.4 is 0 Å². The summed E-state index contributed by atoms with van der Waals surface area (Å²) in [5.74, 6) is 0. The molecule has 0 spiro atoms. The molecule has 2 heteroatoms. The Morgan fingerprint density at radius 3 is 2.22 bits per heavy atom. The van der Waals surface area contributed by atoms with Crippen molar-refractivity contribution in [2.75, 3.05) is 19.0 Å². The van der Waals surface area contributed by atoms with Crippen LogP contribution in [0.15, 0.2) is 0 Å². The Morgan fingerprint density at radius 2 is 2.22 bits per heavy atom. The summed E-state index contributed by atoms with van der Waals surface area (Å²) in [5.41, 5.74) is 0. The van der Waals surface area contributed by atoms with Crippen LogP contribution in [0.4, 0.5) is 4.39 Å². The molecule has 1 saturated heterocycles. The van der Waals surface area contributed by atoms with Gasteiger partial charge in [0.15, 0.2) is 0 Å². The number of hydrogen-bond donors (Lipinski definition) is 0. The van der Waals surface area contributed by atoms with Crippen LogP contribution in [0.3, 0.4) is 0 Å². The molecular weight excluding hydrogens is 134 g/mol. The van der Waals surface area contributed by atoms with Gasteiger partial charge in [0.05, 0.1) is 0 Å². The van der Waals surface area contributed by atoms with Crippen molar-refractivity contribution in [2.45, 2.75) is 25.7 Å². The second-order valence-corrected chi connectivity index (χ2v) is 8.98. The summed E-state index contributed by atoms with van der Waals surface area (Å²) in [6.07, 6.45) is 3.14. The second-order valence-electron chi connectivity index (χ2n) is 3.61. The fraction of sp³-hybridized carbons (Fsp3) is 1.00. The first-order valence-corrected chi connectivity index (χ1v) is 6.62. The predicted molar refractivity (Wildman–Crippen MR) is 43.8 cm³/mol. The van der Waals surface area contributed by atoms with Gasteiger partial charge in [-0.05, 0) is 0 Å². The van der Waals surface area contributed by atoms with Crippen molar-refractivity contribution in [1.82, 2.24) is 0 Å². The third kappa shape index (κ3) is 0.902. The monoisotopic (exact) mass is 150 g/mol. The normalized spacial score (nSPS) is 43.6. The maximum atomic E-state index is 13.3. The zero-order chi connectivity index (χ0) is 7.12. The van der Waals surface area contributed by atoms with Crippen molar-refractivity contribution in [2.24, 2.45) is 0 Å². The second kappa shape index (κ2) is 1.92. The molecular formula is C7H16FP. The first-order valence-electron chi connectivity index (χ1n) is 3.71. The molecule has 0 aromatic heterocycles. The molecule has 1 atom stereocenters. The number of alkyl halides is 1. The molecule has 0 aromatic rings. The predicted octanol–water partition coefficient (Wildman–Crippen LogP) is 2.48. The SMILES string of the molecule is CC[PH]1(C)CCC1(C)F. The fourth-order valence-electron chi connectivity index (χ4n) is 1.44. The molecule has 1 aliphatic rings. The van der Waals surface area contributed by atoms with E-state index >= 15 is 0 Å². The van der Waals surface area contributed by atoms with Gasteiger partial charge in [0.25, 0.3) is 0 Å². The number of halogens is 1. The van der Waals surface area contributed by atoms with Crippen LogP contribution in [0, 0.1) is 0 Å². The van der Waals surface area contributed by atoms with E-state index < -0.39 is 12.7 Å². The van der Waals surface area contributed by atoms with Crippen molar-refractivity contribution in [3.8, 4) is 0 Å². The summed E-state index contributed by atoms with van der Waals surface area (Å²) in [6, 6.07) is 0. The topological polar surface area (TPSA) is 0 Å². The van der Waals surface area contributed by atoms with Crippen LogP contribution in [-0.4, -0.2) is 24.4 Å². The van der Waals surface area contributed by atoms with E-state index in [-0.39, 0.29) is 0 Å². The third-order valence-corrected chi connectivity index (χ3v) is 8.87. The van der Waals surface area contributed by atoms with Gasteiger partial charge in [0.1, 0.15) is 0 Å². The number of rotatable bonds is 1. The molecule has 1 rings (SSSR count). The zero-order valence-corrected chi connectivity index (χ0v) is 7.50. The molecule has 0 N–H and O–H groups in total. The Kier molecular flexibility index (Phi) is 1.59. The molecule has 0 saturated carbocycles. The minimum atomic E-state index is -1.36. The van der Waals surface area contributed by atoms with Crippen LogP contribution in [0.25, 0.3) is 0 Å². The molecule has 0 bridgehead atoms. The summed E-state index contributed by atoms with van der Waals surface area (Å²) in [7, 11) is -1.36. The summed E-state index contributed by atoms with van der Waals surface area (Å²) in [6.45, 7) is 6.09. The first-order chi connectivity index (χ1) is 4.02. The van der Waals surface area contributed by atoms with E-state index in [9.17, 15) is 4.39 Å².